The van der Waals surface area contributed by atoms with Crippen molar-refractivity contribution in [3.8, 4) is 0 Å². The minimum absolute atomic E-state index is 0.567. The zero-order valence-electron chi connectivity index (χ0n) is 11.4. The monoisotopic (exact) mass is 231 g/mol. The van der Waals surface area contributed by atoms with E-state index in [4.69, 9.17) is 0 Å². The topological polar surface area (TPSA) is 3.24 Å². The lowest BCUT2D eigenvalue weighted by Gasteiger charge is -2.38. The van der Waals surface area contributed by atoms with Crippen molar-refractivity contribution in [2.45, 2.75) is 39.7 Å². The van der Waals surface area contributed by atoms with Crippen LogP contribution in [-0.4, -0.2) is 18.0 Å². The fourth-order valence-corrected chi connectivity index (χ4v) is 2.88. The molecule has 0 amide bonds. The van der Waals surface area contributed by atoms with Gasteiger partial charge in [0.05, 0.1) is 0 Å². The van der Waals surface area contributed by atoms with Gasteiger partial charge in [0.25, 0.3) is 0 Å². The van der Waals surface area contributed by atoms with Crippen molar-refractivity contribution < 1.29 is 0 Å². The first-order chi connectivity index (χ1) is 8.18. The summed E-state index contributed by atoms with van der Waals surface area (Å²) in [4.78, 5) is 2.66. The van der Waals surface area contributed by atoms with E-state index in [1.807, 2.05) is 0 Å². The van der Waals surface area contributed by atoms with Crippen LogP contribution in [0.1, 0.15) is 45.2 Å². The van der Waals surface area contributed by atoms with Crippen molar-refractivity contribution in [2.24, 2.45) is 11.8 Å². The molecule has 1 heteroatoms. The van der Waals surface area contributed by atoms with Crippen LogP contribution < -0.4 is 0 Å². The Kier molecular flexibility index (Phi) is 4.22. The predicted molar refractivity (Wildman–Crippen MR) is 74.0 cm³/mol. The van der Waals surface area contributed by atoms with Crippen molar-refractivity contribution in [2.75, 3.05) is 13.1 Å². The average Bonchev–Trinajstić information content (AvgIpc) is 2.39. The van der Waals surface area contributed by atoms with Crippen molar-refractivity contribution in [1.29, 1.82) is 0 Å². The summed E-state index contributed by atoms with van der Waals surface area (Å²) in [5.74, 6) is 1.70. The van der Waals surface area contributed by atoms with Gasteiger partial charge in [-0.25, -0.2) is 0 Å². The Hall–Kier alpha value is -0.820. The van der Waals surface area contributed by atoms with Gasteiger partial charge in [-0.3, -0.25) is 4.90 Å². The highest BCUT2D eigenvalue weighted by Crippen LogP contribution is 2.29. The first kappa shape index (κ1) is 12.6. The smallest absolute Gasteiger partial charge is 0.0319 e. The highest BCUT2D eigenvalue weighted by atomic mass is 15.2. The van der Waals surface area contributed by atoms with Crippen LogP contribution in [0.3, 0.4) is 0 Å². The number of benzene rings is 1. The molecule has 2 unspecified atom stereocenters. The van der Waals surface area contributed by atoms with Gasteiger partial charge in [0, 0.05) is 12.6 Å². The molecule has 1 aliphatic rings. The van der Waals surface area contributed by atoms with E-state index >= 15 is 0 Å². The molecular formula is C16H25N. The first-order valence-electron chi connectivity index (χ1n) is 6.97. The van der Waals surface area contributed by atoms with Gasteiger partial charge >= 0.3 is 0 Å². The molecule has 2 atom stereocenters. The molecule has 0 aromatic heterocycles. The Morgan fingerprint density at radius 3 is 2.47 bits per heavy atom. The van der Waals surface area contributed by atoms with Crippen LogP contribution in [0.5, 0.6) is 0 Å². The second-order valence-corrected chi connectivity index (χ2v) is 5.73. The Bertz CT molecular complexity index is 331. The van der Waals surface area contributed by atoms with Gasteiger partial charge < -0.3 is 0 Å². The second kappa shape index (κ2) is 5.68. The van der Waals surface area contributed by atoms with Gasteiger partial charge in [0.2, 0.25) is 0 Å². The second-order valence-electron chi connectivity index (χ2n) is 5.73. The Balaban J connectivity index is 2.02. The molecule has 0 bridgehead atoms. The minimum atomic E-state index is 0.567. The predicted octanol–water partition coefficient (Wildman–Crippen LogP) is 4.12. The van der Waals surface area contributed by atoms with Gasteiger partial charge in [0.1, 0.15) is 0 Å². The molecule has 1 nitrogen and oxygen atoms in total. The van der Waals surface area contributed by atoms with Crippen LogP contribution in [0.25, 0.3) is 0 Å². The standard InChI is InChI=1S/C16H25N/c1-13(2)16-10-7-11-17(12-16)14(3)15-8-5-4-6-9-15/h4-6,8-9,13-14,16H,7,10-12H2,1-3H3. The fraction of sp³-hybridized carbons (Fsp3) is 0.625. The zero-order chi connectivity index (χ0) is 12.3. The molecule has 1 saturated heterocycles. The summed E-state index contributed by atoms with van der Waals surface area (Å²) in [6.45, 7) is 9.60. The Morgan fingerprint density at radius 1 is 1.12 bits per heavy atom. The fourth-order valence-electron chi connectivity index (χ4n) is 2.88. The van der Waals surface area contributed by atoms with Gasteiger partial charge in [-0.05, 0) is 43.7 Å². The molecule has 0 spiro atoms. The number of piperidine rings is 1. The number of nitrogens with zero attached hydrogens (tertiary/aromatic N) is 1. The molecule has 94 valence electrons. The normalized spacial score (nSPS) is 23.9. The third-order valence-electron chi connectivity index (χ3n) is 4.26. The maximum absolute atomic E-state index is 2.66. The van der Waals surface area contributed by atoms with Crippen molar-refractivity contribution in [1.82, 2.24) is 4.90 Å². The van der Waals surface area contributed by atoms with E-state index in [0.29, 0.717) is 6.04 Å². The van der Waals surface area contributed by atoms with E-state index in [1.54, 1.807) is 0 Å². The number of rotatable bonds is 3. The molecule has 0 saturated carbocycles. The number of hydrogen-bond acceptors (Lipinski definition) is 1. The summed E-state index contributed by atoms with van der Waals surface area (Å²) in [6.07, 6.45) is 2.77. The highest BCUT2D eigenvalue weighted by Gasteiger charge is 2.25. The molecule has 0 aliphatic carbocycles. The molecular weight excluding hydrogens is 206 g/mol. The van der Waals surface area contributed by atoms with E-state index in [-0.39, 0.29) is 0 Å². The van der Waals surface area contributed by atoms with Crippen LogP contribution in [0.2, 0.25) is 0 Å². The van der Waals surface area contributed by atoms with Gasteiger partial charge in [-0.15, -0.1) is 0 Å². The van der Waals surface area contributed by atoms with Crippen molar-refractivity contribution in [3.05, 3.63) is 35.9 Å². The Labute approximate surface area is 106 Å². The van der Waals surface area contributed by atoms with E-state index in [2.05, 4.69) is 56.0 Å². The van der Waals surface area contributed by atoms with Crippen molar-refractivity contribution >= 4 is 0 Å². The summed E-state index contributed by atoms with van der Waals surface area (Å²) in [5.41, 5.74) is 1.46. The van der Waals surface area contributed by atoms with Crippen LogP contribution in [0, 0.1) is 11.8 Å². The lowest BCUT2D eigenvalue weighted by atomic mass is 9.87. The first-order valence-corrected chi connectivity index (χ1v) is 6.97. The number of hydrogen-bond donors (Lipinski definition) is 0. The SMILES string of the molecule is CC(C)C1CCCN(C(C)c2ccccc2)C1. The molecule has 0 radical (unpaired) electrons. The summed E-state index contributed by atoms with van der Waals surface area (Å²) in [6, 6.07) is 11.5. The molecule has 1 fully saturated rings. The maximum atomic E-state index is 2.66. The third-order valence-corrected chi connectivity index (χ3v) is 4.26. The minimum Gasteiger partial charge on any atom is -0.296 e. The zero-order valence-corrected chi connectivity index (χ0v) is 11.4. The average molecular weight is 231 g/mol. The lowest BCUT2D eigenvalue weighted by molar-refractivity contribution is 0.109. The third kappa shape index (κ3) is 3.10. The Morgan fingerprint density at radius 2 is 1.82 bits per heavy atom. The lowest BCUT2D eigenvalue weighted by Crippen LogP contribution is -2.38. The summed E-state index contributed by atoms with van der Waals surface area (Å²) >= 11 is 0. The van der Waals surface area contributed by atoms with Crippen molar-refractivity contribution in [3.63, 3.8) is 0 Å². The quantitative estimate of drug-likeness (QED) is 0.756. The number of likely N-dealkylation sites (tertiary alicyclic amines) is 1. The summed E-state index contributed by atoms with van der Waals surface area (Å²) in [7, 11) is 0. The summed E-state index contributed by atoms with van der Waals surface area (Å²) < 4.78 is 0. The maximum Gasteiger partial charge on any atom is 0.0319 e. The van der Waals surface area contributed by atoms with Crippen LogP contribution in [-0.2, 0) is 0 Å². The summed E-state index contributed by atoms with van der Waals surface area (Å²) in [5, 5.41) is 0. The highest BCUT2D eigenvalue weighted by molar-refractivity contribution is 5.18. The largest absolute Gasteiger partial charge is 0.296 e. The van der Waals surface area contributed by atoms with E-state index < -0.39 is 0 Å². The van der Waals surface area contributed by atoms with Gasteiger partial charge in [-0.2, -0.15) is 0 Å². The molecule has 1 heterocycles. The van der Waals surface area contributed by atoms with E-state index in [1.165, 1.54) is 31.5 Å². The molecule has 1 aromatic rings. The molecule has 1 aliphatic heterocycles. The molecule has 17 heavy (non-hydrogen) atoms. The van der Waals surface area contributed by atoms with Crippen LogP contribution >= 0.6 is 0 Å². The molecule has 0 N–H and O–H groups in total. The van der Waals surface area contributed by atoms with Gasteiger partial charge in [0.15, 0.2) is 0 Å². The van der Waals surface area contributed by atoms with Crippen LogP contribution in [0.4, 0.5) is 0 Å². The van der Waals surface area contributed by atoms with E-state index in [0.717, 1.165) is 11.8 Å². The van der Waals surface area contributed by atoms with Crippen LogP contribution in [0.15, 0.2) is 30.3 Å². The van der Waals surface area contributed by atoms with E-state index in [9.17, 15) is 0 Å². The molecule has 1 aromatic carbocycles. The molecule has 2 rings (SSSR count). The van der Waals surface area contributed by atoms with Gasteiger partial charge in [-0.1, -0.05) is 44.2 Å².